The highest BCUT2D eigenvalue weighted by atomic mass is 79.9. The molecule has 3 rings (SSSR count). The second-order valence-electron chi connectivity index (χ2n) is 5.11. The van der Waals surface area contributed by atoms with E-state index >= 15 is 0 Å². The molecule has 0 aliphatic carbocycles. The van der Waals surface area contributed by atoms with Gasteiger partial charge in [-0.2, -0.15) is 5.10 Å². The Morgan fingerprint density at radius 3 is 2.75 bits per heavy atom. The topological polar surface area (TPSA) is 59.8 Å². The first-order chi connectivity index (χ1) is 11.7. The van der Waals surface area contributed by atoms with Crippen LogP contribution in [0.15, 0.2) is 71.6 Å². The summed E-state index contributed by atoms with van der Waals surface area (Å²) in [7, 11) is 0. The number of halogens is 1. The van der Waals surface area contributed by atoms with Crippen LogP contribution in [0.1, 0.15) is 11.1 Å². The highest BCUT2D eigenvalue weighted by Gasteiger charge is 2.06. The summed E-state index contributed by atoms with van der Waals surface area (Å²) in [5, 5.41) is 7.10. The number of rotatable bonds is 5. The Bertz CT molecular complexity index is 841. The smallest absolute Gasteiger partial charge is 0.249 e. The van der Waals surface area contributed by atoms with Crippen LogP contribution >= 0.6 is 15.9 Å². The molecule has 0 radical (unpaired) electrons. The van der Waals surface area contributed by atoms with Gasteiger partial charge in [0.2, 0.25) is 5.91 Å². The molecule has 1 amide bonds. The van der Waals surface area contributed by atoms with Crippen molar-refractivity contribution >= 4 is 33.7 Å². The molecule has 6 heteroatoms. The van der Waals surface area contributed by atoms with Gasteiger partial charge in [0.1, 0.15) is 5.82 Å². The average molecular weight is 383 g/mol. The van der Waals surface area contributed by atoms with Crippen molar-refractivity contribution in [3.05, 3.63) is 82.7 Å². The van der Waals surface area contributed by atoms with E-state index in [4.69, 9.17) is 0 Å². The summed E-state index contributed by atoms with van der Waals surface area (Å²) in [5.41, 5.74) is 1.97. The lowest BCUT2D eigenvalue weighted by atomic mass is 10.2. The Morgan fingerprint density at radius 2 is 2.00 bits per heavy atom. The third kappa shape index (κ3) is 4.39. The van der Waals surface area contributed by atoms with Crippen LogP contribution in [0.2, 0.25) is 0 Å². The van der Waals surface area contributed by atoms with Gasteiger partial charge in [-0.1, -0.05) is 34.1 Å². The second-order valence-corrected chi connectivity index (χ2v) is 6.03. The summed E-state index contributed by atoms with van der Waals surface area (Å²) < 4.78 is 2.78. The molecule has 1 aromatic carbocycles. The van der Waals surface area contributed by atoms with E-state index < -0.39 is 0 Å². The summed E-state index contributed by atoms with van der Waals surface area (Å²) in [4.78, 5) is 16.1. The van der Waals surface area contributed by atoms with Crippen molar-refractivity contribution in [2.75, 3.05) is 5.32 Å². The highest BCUT2D eigenvalue weighted by molar-refractivity contribution is 9.10. The zero-order valence-corrected chi connectivity index (χ0v) is 14.3. The number of benzene rings is 1. The fraction of sp³-hybridized carbons (Fsp3) is 0.0556. The van der Waals surface area contributed by atoms with E-state index in [0.717, 1.165) is 15.6 Å². The van der Waals surface area contributed by atoms with E-state index in [1.165, 1.54) is 6.08 Å². The summed E-state index contributed by atoms with van der Waals surface area (Å²) in [6, 6.07) is 13.5. The van der Waals surface area contributed by atoms with Crippen molar-refractivity contribution < 1.29 is 4.79 Å². The molecule has 0 atom stereocenters. The molecule has 2 aromatic heterocycles. The SMILES string of the molecule is O=C(C=Cc1cccnc1)Nc1ccnn1Cc1ccc(Br)cc1. The Balaban J connectivity index is 1.65. The predicted molar refractivity (Wildman–Crippen MR) is 97.4 cm³/mol. The number of hydrogen-bond donors (Lipinski definition) is 1. The molecule has 0 aliphatic heterocycles. The van der Waals surface area contributed by atoms with Crippen LogP contribution in [0, 0.1) is 0 Å². The number of anilines is 1. The van der Waals surface area contributed by atoms with Gasteiger partial charge in [-0.3, -0.25) is 9.78 Å². The van der Waals surface area contributed by atoms with Crippen molar-refractivity contribution in [2.24, 2.45) is 0 Å². The summed E-state index contributed by atoms with van der Waals surface area (Å²) in [6.07, 6.45) is 8.25. The molecular formula is C18H15BrN4O. The van der Waals surface area contributed by atoms with Crippen LogP contribution in [-0.4, -0.2) is 20.7 Å². The lowest BCUT2D eigenvalue weighted by molar-refractivity contribution is -0.111. The molecular weight excluding hydrogens is 368 g/mol. The van der Waals surface area contributed by atoms with Gasteiger partial charge in [-0.15, -0.1) is 0 Å². The molecule has 0 saturated heterocycles. The van der Waals surface area contributed by atoms with Gasteiger partial charge in [-0.25, -0.2) is 4.68 Å². The maximum atomic E-state index is 12.1. The summed E-state index contributed by atoms with van der Waals surface area (Å²) in [6.45, 7) is 0.586. The van der Waals surface area contributed by atoms with E-state index in [-0.39, 0.29) is 5.91 Å². The van der Waals surface area contributed by atoms with Gasteiger partial charge in [-0.05, 0) is 35.4 Å². The first kappa shape index (κ1) is 16.1. The predicted octanol–water partition coefficient (Wildman–Crippen LogP) is 3.74. The third-order valence-electron chi connectivity index (χ3n) is 3.32. The molecule has 0 spiro atoms. The fourth-order valence-electron chi connectivity index (χ4n) is 2.14. The van der Waals surface area contributed by atoms with E-state index in [1.54, 1.807) is 35.4 Å². The molecule has 120 valence electrons. The minimum Gasteiger partial charge on any atom is -0.307 e. The number of nitrogens with zero attached hydrogens (tertiary/aromatic N) is 3. The monoisotopic (exact) mass is 382 g/mol. The highest BCUT2D eigenvalue weighted by Crippen LogP contribution is 2.14. The van der Waals surface area contributed by atoms with Gasteiger partial charge in [0.05, 0.1) is 12.7 Å². The standard InChI is InChI=1S/C18H15BrN4O/c19-16-6-3-15(4-7-16)13-23-17(9-11-21-23)22-18(24)8-5-14-2-1-10-20-12-14/h1-12H,13H2,(H,22,24). The molecule has 2 heterocycles. The normalized spacial score (nSPS) is 10.9. The average Bonchev–Trinajstić information content (AvgIpc) is 3.03. The van der Waals surface area contributed by atoms with Crippen LogP contribution in [0.4, 0.5) is 5.82 Å². The first-order valence-electron chi connectivity index (χ1n) is 7.36. The third-order valence-corrected chi connectivity index (χ3v) is 3.85. The number of carbonyl (C=O) groups excluding carboxylic acids is 1. The van der Waals surface area contributed by atoms with Crippen molar-refractivity contribution in [2.45, 2.75) is 6.54 Å². The molecule has 1 N–H and O–H groups in total. The van der Waals surface area contributed by atoms with Crippen LogP contribution in [0.3, 0.4) is 0 Å². The Labute approximate surface area is 148 Å². The molecule has 0 saturated carbocycles. The van der Waals surface area contributed by atoms with Gasteiger partial charge in [0.25, 0.3) is 0 Å². The zero-order chi connectivity index (χ0) is 16.8. The quantitative estimate of drug-likeness (QED) is 0.683. The van der Waals surface area contributed by atoms with E-state index in [2.05, 4.69) is 31.3 Å². The fourth-order valence-corrected chi connectivity index (χ4v) is 2.41. The van der Waals surface area contributed by atoms with E-state index in [9.17, 15) is 4.79 Å². The van der Waals surface area contributed by atoms with Crippen molar-refractivity contribution in [1.29, 1.82) is 0 Å². The minimum absolute atomic E-state index is 0.212. The Kier molecular flexibility index (Phi) is 5.18. The number of pyridine rings is 1. The van der Waals surface area contributed by atoms with Gasteiger partial charge in [0, 0.05) is 29.0 Å². The van der Waals surface area contributed by atoms with Crippen LogP contribution in [0.5, 0.6) is 0 Å². The molecule has 0 aliphatic rings. The van der Waals surface area contributed by atoms with Crippen molar-refractivity contribution in [3.63, 3.8) is 0 Å². The van der Waals surface area contributed by atoms with Gasteiger partial charge >= 0.3 is 0 Å². The second kappa shape index (κ2) is 7.70. The van der Waals surface area contributed by atoms with Crippen LogP contribution in [0.25, 0.3) is 6.08 Å². The van der Waals surface area contributed by atoms with Crippen LogP contribution in [-0.2, 0) is 11.3 Å². The zero-order valence-electron chi connectivity index (χ0n) is 12.8. The van der Waals surface area contributed by atoms with E-state index in [1.807, 2.05) is 36.4 Å². The first-order valence-corrected chi connectivity index (χ1v) is 8.15. The molecule has 0 unspecified atom stereocenters. The van der Waals surface area contributed by atoms with E-state index in [0.29, 0.717) is 12.4 Å². The van der Waals surface area contributed by atoms with Crippen LogP contribution < -0.4 is 5.32 Å². The molecule has 0 bridgehead atoms. The number of carbonyl (C=O) groups is 1. The number of nitrogens with one attached hydrogen (secondary N) is 1. The number of amides is 1. The summed E-state index contributed by atoms with van der Waals surface area (Å²) >= 11 is 3.42. The Hall–Kier alpha value is -2.73. The summed E-state index contributed by atoms with van der Waals surface area (Å²) in [5.74, 6) is 0.440. The minimum atomic E-state index is -0.212. The Morgan fingerprint density at radius 1 is 1.17 bits per heavy atom. The molecule has 24 heavy (non-hydrogen) atoms. The van der Waals surface area contributed by atoms with Crippen molar-refractivity contribution in [3.8, 4) is 0 Å². The lowest BCUT2D eigenvalue weighted by Crippen LogP contribution is -2.13. The molecule has 0 fully saturated rings. The number of aromatic nitrogens is 3. The number of hydrogen-bond acceptors (Lipinski definition) is 3. The molecule has 5 nitrogen and oxygen atoms in total. The lowest BCUT2D eigenvalue weighted by Gasteiger charge is -2.08. The molecule has 3 aromatic rings. The van der Waals surface area contributed by atoms with Gasteiger partial charge in [0.15, 0.2) is 0 Å². The largest absolute Gasteiger partial charge is 0.307 e. The van der Waals surface area contributed by atoms with Gasteiger partial charge < -0.3 is 5.32 Å². The van der Waals surface area contributed by atoms with Crippen molar-refractivity contribution in [1.82, 2.24) is 14.8 Å². The maximum absolute atomic E-state index is 12.1. The maximum Gasteiger partial charge on any atom is 0.249 e.